The standard InChI is InChI=1S/C9H14N2O2/c1-7(5-10)11-9(12)4-8-2-3-13-6-8/h7-8H,2-4,6H2,1H3,(H,11,12)/t7-,8?/m0/s1. The van der Waals surface area contributed by atoms with E-state index < -0.39 is 6.04 Å². The molecule has 0 spiro atoms. The van der Waals surface area contributed by atoms with Crippen LogP contribution in [0.25, 0.3) is 0 Å². The number of nitrogens with one attached hydrogen (secondary N) is 1. The minimum absolute atomic E-state index is 0.0513. The molecule has 4 heteroatoms. The summed E-state index contributed by atoms with van der Waals surface area (Å²) in [7, 11) is 0. The summed E-state index contributed by atoms with van der Waals surface area (Å²) >= 11 is 0. The lowest BCUT2D eigenvalue weighted by atomic mass is 10.0. The molecular formula is C9H14N2O2. The molecule has 1 N–H and O–H groups in total. The highest BCUT2D eigenvalue weighted by Crippen LogP contribution is 2.15. The van der Waals surface area contributed by atoms with Gasteiger partial charge in [0.05, 0.1) is 6.07 Å². The molecule has 1 unspecified atom stereocenters. The van der Waals surface area contributed by atoms with E-state index in [-0.39, 0.29) is 5.91 Å². The van der Waals surface area contributed by atoms with Crippen LogP contribution >= 0.6 is 0 Å². The second kappa shape index (κ2) is 4.83. The molecule has 0 aromatic heterocycles. The number of ether oxygens (including phenoxy) is 1. The maximum absolute atomic E-state index is 11.3. The zero-order valence-corrected chi connectivity index (χ0v) is 7.75. The summed E-state index contributed by atoms with van der Waals surface area (Å²) in [5.41, 5.74) is 0. The fourth-order valence-corrected chi connectivity index (χ4v) is 1.34. The molecule has 1 aliphatic rings. The Labute approximate surface area is 77.9 Å². The molecule has 0 radical (unpaired) electrons. The summed E-state index contributed by atoms with van der Waals surface area (Å²) in [5.74, 6) is 0.287. The highest BCUT2D eigenvalue weighted by atomic mass is 16.5. The average Bonchev–Trinajstić information content (AvgIpc) is 2.56. The molecular weight excluding hydrogens is 168 g/mol. The summed E-state index contributed by atoms with van der Waals surface area (Å²) in [4.78, 5) is 11.3. The van der Waals surface area contributed by atoms with Gasteiger partial charge in [-0.15, -0.1) is 0 Å². The second-order valence-corrected chi connectivity index (χ2v) is 3.35. The molecule has 4 nitrogen and oxygen atoms in total. The van der Waals surface area contributed by atoms with Crippen molar-refractivity contribution in [3.8, 4) is 6.07 Å². The van der Waals surface area contributed by atoms with Gasteiger partial charge in [-0.3, -0.25) is 4.79 Å². The number of rotatable bonds is 3. The normalized spacial score (nSPS) is 23.5. The molecule has 1 heterocycles. The molecule has 1 rings (SSSR count). The van der Waals surface area contributed by atoms with Crippen molar-refractivity contribution in [2.75, 3.05) is 13.2 Å². The van der Waals surface area contributed by atoms with Gasteiger partial charge in [0.15, 0.2) is 0 Å². The SMILES string of the molecule is C[C@@H](C#N)NC(=O)CC1CCOC1. The Bertz CT molecular complexity index is 216. The fourth-order valence-electron chi connectivity index (χ4n) is 1.34. The minimum Gasteiger partial charge on any atom is -0.381 e. The topological polar surface area (TPSA) is 62.1 Å². The van der Waals surface area contributed by atoms with E-state index in [0.717, 1.165) is 13.0 Å². The number of hydrogen-bond donors (Lipinski definition) is 1. The van der Waals surface area contributed by atoms with Crippen molar-refractivity contribution < 1.29 is 9.53 Å². The van der Waals surface area contributed by atoms with E-state index in [1.54, 1.807) is 6.92 Å². The summed E-state index contributed by atoms with van der Waals surface area (Å²) in [5, 5.41) is 11.1. The molecule has 1 fully saturated rings. The van der Waals surface area contributed by atoms with E-state index in [2.05, 4.69) is 5.32 Å². The molecule has 2 atom stereocenters. The monoisotopic (exact) mass is 182 g/mol. The molecule has 0 aliphatic carbocycles. The van der Waals surface area contributed by atoms with E-state index in [0.29, 0.717) is 18.9 Å². The van der Waals surface area contributed by atoms with Gasteiger partial charge in [0.1, 0.15) is 6.04 Å². The number of hydrogen-bond acceptors (Lipinski definition) is 3. The smallest absolute Gasteiger partial charge is 0.221 e. The van der Waals surface area contributed by atoms with Crippen molar-refractivity contribution in [2.24, 2.45) is 5.92 Å². The molecule has 1 saturated heterocycles. The Balaban J connectivity index is 2.21. The van der Waals surface area contributed by atoms with Crippen molar-refractivity contribution in [2.45, 2.75) is 25.8 Å². The third kappa shape index (κ3) is 3.43. The van der Waals surface area contributed by atoms with E-state index in [9.17, 15) is 4.79 Å². The quantitative estimate of drug-likeness (QED) is 0.689. The molecule has 0 aromatic carbocycles. The molecule has 72 valence electrons. The Kier molecular flexibility index (Phi) is 3.71. The molecule has 1 aliphatic heterocycles. The fraction of sp³-hybridized carbons (Fsp3) is 0.778. The first-order chi connectivity index (χ1) is 6.22. The largest absolute Gasteiger partial charge is 0.381 e. The maximum Gasteiger partial charge on any atom is 0.221 e. The van der Waals surface area contributed by atoms with Crippen LogP contribution in [0.5, 0.6) is 0 Å². The van der Waals surface area contributed by atoms with Crippen LogP contribution in [0, 0.1) is 17.2 Å². The highest BCUT2D eigenvalue weighted by molar-refractivity contribution is 5.76. The van der Waals surface area contributed by atoms with Crippen molar-refractivity contribution in [1.29, 1.82) is 5.26 Å². The van der Waals surface area contributed by atoms with Gasteiger partial charge in [-0.05, 0) is 19.3 Å². The lowest BCUT2D eigenvalue weighted by molar-refractivity contribution is -0.122. The minimum atomic E-state index is -0.394. The van der Waals surface area contributed by atoms with Gasteiger partial charge in [-0.2, -0.15) is 5.26 Å². The van der Waals surface area contributed by atoms with Gasteiger partial charge < -0.3 is 10.1 Å². The van der Waals surface area contributed by atoms with Crippen molar-refractivity contribution in [3.63, 3.8) is 0 Å². The highest BCUT2D eigenvalue weighted by Gasteiger charge is 2.19. The maximum atomic E-state index is 11.3. The van der Waals surface area contributed by atoms with Crippen LogP contribution < -0.4 is 5.32 Å². The molecule has 13 heavy (non-hydrogen) atoms. The molecule has 1 amide bonds. The Morgan fingerprint density at radius 3 is 3.15 bits per heavy atom. The number of nitrogens with zero attached hydrogens (tertiary/aromatic N) is 1. The van der Waals surface area contributed by atoms with Crippen LogP contribution in [0.1, 0.15) is 19.8 Å². The van der Waals surface area contributed by atoms with E-state index in [1.807, 2.05) is 6.07 Å². The zero-order chi connectivity index (χ0) is 9.68. The van der Waals surface area contributed by atoms with Crippen LogP contribution in [-0.2, 0) is 9.53 Å². The Hall–Kier alpha value is -1.08. The summed E-state index contributed by atoms with van der Waals surface area (Å²) in [6.45, 7) is 3.10. The zero-order valence-electron chi connectivity index (χ0n) is 7.75. The lowest BCUT2D eigenvalue weighted by Gasteiger charge is -2.09. The number of carbonyl (C=O) groups excluding carboxylic acids is 1. The predicted molar refractivity (Wildman–Crippen MR) is 46.8 cm³/mol. The molecule has 0 bridgehead atoms. The van der Waals surface area contributed by atoms with Crippen LogP contribution in [0.2, 0.25) is 0 Å². The van der Waals surface area contributed by atoms with Gasteiger partial charge in [-0.1, -0.05) is 0 Å². The van der Waals surface area contributed by atoms with Gasteiger partial charge in [0, 0.05) is 19.6 Å². The summed E-state index contributed by atoms with van der Waals surface area (Å²) in [6.07, 6.45) is 1.43. The Morgan fingerprint density at radius 1 is 1.85 bits per heavy atom. The first-order valence-electron chi connectivity index (χ1n) is 4.49. The van der Waals surface area contributed by atoms with Gasteiger partial charge in [0.25, 0.3) is 0 Å². The average molecular weight is 182 g/mol. The van der Waals surface area contributed by atoms with Crippen LogP contribution in [0.4, 0.5) is 0 Å². The Morgan fingerprint density at radius 2 is 2.62 bits per heavy atom. The van der Waals surface area contributed by atoms with Crippen LogP contribution in [-0.4, -0.2) is 25.2 Å². The van der Waals surface area contributed by atoms with Crippen LogP contribution in [0.15, 0.2) is 0 Å². The van der Waals surface area contributed by atoms with Crippen molar-refractivity contribution in [3.05, 3.63) is 0 Å². The van der Waals surface area contributed by atoms with Crippen molar-refractivity contribution >= 4 is 5.91 Å². The summed E-state index contributed by atoms with van der Waals surface area (Å²) in [6, 6.07) is 1.56. The van der Waals surface area contributed by atoms with E-state index in [1.165, 1.54) is 0 Å². The second-order valence-electron chi connectivity index (χ2n) is 3.35. The molecule has 0 saturated carbocycles. The predicted octanol–water partition coefficient (Wildman–Crippen LogP) is 0.441. The van der Waals surface area contributed by atoms with Gasteiger partial charge in [0.2, 0.25) is 5.91 Å². The van der Waals surface area contributed by atoms with E-state index >= 15 is 0 Å². The number of carbonyl (C=O) groups is 1. The number of amides is 1. The van der Waals surface area contributed by atoms with E-state index in [4.69, 9.17) is 10.00 Å². The summed E-state index contributed by atoms with van der Waals surface area (Å²) < 4.78 is 5.14. The van der Waals surface area contributed by atoms with Gasteiger partial charge in [-0.25, -0.2) is 0 Å². The first kappa shape index (κ1) is 10.0. The molecule has 0 aromatic rings. The first-order valence-corrected chi connectivity index (χ1v) is 4.49. The van der Waals surface area contributed by atoms with Crippen molar-refractivity contribution in [1.82, 2.24) is 5.32 Å². The van der Waals surface area contributed by atoms with Gasteiger partial charge >= 0.3 is 0 Å². The third-order valence-electron chi connectivity index (χ3n) is 2.07. The lowest BCUT2D eigenvalue weighted by Crippen LogP contribution is -2.32. The van der Waals surface area contributed by atoms with Crippen LogP contribution in [0.3, 0.4) is 0 Å². The third-order valence-corrected chi connectivity index (χ3v) is 2.07. The number of nitriles is 1.